The third-order valence-electron chi connectivity index (χ3n) is 3.12. The highest BCUT2D eigenvalue weighted by molar-refractivity contribution is 5.27. The number of hydrogen-bond donors (Lipinski definition) is 1. The average Bonchev–Trinajstić information content (AvgIpc) is 2.20. The third-order valence-corrected chi connectivity index (χ3v) is 3.12. The highest BCUT2D eigenvalue weighted by Crippen LogP contribution is 2.23. The van der Waals surface area contributed by atoms with Crippen LogP contribution in [0, 0.1) is 18.2 Å². The van der Waals surface area contributed by atoms with Crippen LogP contribution in [0.3, 0.4) is 0 Å². The number of likely N-dealkylation sites (N-methyl/N-ethyl adjacent to an activating group) is 1. The molecule has 1 aromatic carbocycles. The Morgan fingerprint density at radius 3 is 2.44 bits per heavy atom. The molecule has 0 bridgehead atoms. The van der Waals surface area contributed by atoms with Crippen LogP contribution in [0.2, 0.25) is 0 Å². The number of hydrogen-bond acceptors (Lipinski definition) is 1. The summed E-state index contributed by atoms with van der Waals surface area (Å²) < 4.78 is 13.1. The minimum absolute atomic E-state index is 0.146. The van der Waals surface area contributed by atoms with Gasteiger partial charge in [-0.3, -0.25) is 0 Å². The van der Waals surface area contributed by atoms with E-state index in [-0.39, 0.29) is 5.82 Å². The van der Waals surface area contributed by atoms with E-state index < -0.39 is 0 Å². The second-order valence-electron chi connectivity index (χ2n) is 6.29. The molecular formula is C16H26FN. The van der Waals surface area contributed by atoms with E-state index in [4.69, 9.17) is 0 Å². The fourth-order valence-corrected chi connectivity index (χ4v) is 2.40. The van der Waals surface area contributed by atoms with Crippen molar-refractivity contribution in [3.63, 3.8) is 0 Å². The average molecular weight is 251 g/mol. The van der Waals surface area contributed by atoms with Gasteiger partial charge in [-0.05, 0) is 55.0 Å². The molecule has 1 rings (SSSR count). The van der Waals surface area contributed by atoms with Gasteiger partial charge < -0.3 is 5.32 Å². The van der Waals surface area contributed by atoms with E-state index in [2.05, 4.69) is 33.0 Å². The van der Waals surface area contributed by atoms with E-state index >= 15 is 0 Å². The van der Waals surface area contributed by atoms with Crippen molar-refractivity contribution in [3.8, 4) is 0 Å². The maximum Gasteiger partial charge on any atom is 0.123 e. The van der Waals surface area contributed by atoms with Gasteiger partial charge in [-0.25, -0.2) is 4.39 Å². The Morgan fingerprint density at radius 2 is 1.94 bits per heavy atom. The predicted molar refractivity (Wildman–Crippen MR) is 76.4 cm³/mol. The minimum Gasteiger partial charge on any atom is -0.314 e. The SMILES string of the molecule is CCNC(Cc1ccc(F)cc1C)CC(C)(C)C. The molecular weight excluding hydrogens is 225 g/mol. The molecule has 0 amide bonds. The Morgan fingerprint density at radius 1 is 1.28 bits per heavy atom. The van der Waals surface area contributed by atoms with Gasteiger partial charge in [0.2, 0.25) is 0 Å². The van der Waals surface area contributed by atoms with Gasteiger partial charge in [0.1, 0.15) is 5.82 Å². The highest BCUT2D eigenvalue weighted by atomic mass is 19.1. The Balaban J connectivity index is 2.76. The Hall–Kier alpha value is -0.890. The summed E-state index contributed by atoms with van der Waals surface area (Å²) in [5.41, 5.74) is 2.60. The van der Waals surface area contributed by atoms with Crippen molar-refractivity contribution in [3.05, 3.63) is 35.1 Å². The van der Waals surface area contributed by atoms with Gasteiger partial charge in [0.25, 0.3) is 0 Å². The molecule has 0 aliphatic rings. The quantitative estimate of drug-likeness (QED) is 0.831. The molecule has 1 N–H and O–H groups in total. The van der Waals surface area contributed by atoms with E-state index in [1.807, 2.05) is 13.0 Å². The summed E-state index contributed by atoms with van der Waals surface area (Å²) in [4.78, 5) is 0. The van der Waals surface area contributed by atoms with Crippen molar-refractivity contribution in [2.75, 3.05) is 6.54 Å². The first-order chi connectivity index (χ1) is 8.31. The van der Waals surface area contributed by atoms with Gasteiger partial charge in [-0.2, -0.15) is 0 Å². The molecule has 0 radical (unpaired) electrons. The molecule has 0 aromatic heterocycles. The number of nitrogens with one attached hydrogen (secondary N) is 1. The summed E-state index contributed by atoms with van der Waals surface area (Å²) in [6.07, 6.45) is 2.09. The van der Waals surface area contributed by atoms with Gasteiger partial charge in [0.05, 0.1) is 0 Å². The fraction of sp³-hybridized carbons (Fsp3) is 0.625. The lowest BCUT2D eigenvalue weighted by molar-refractivity contribution is 0.309. The standard InChI is InChI=1S/C16H26FN/c1-6-18-15(11-16(3,4)5)10-13-7-8-14(17)9-12(13)2/h7-9,15,18H,6,10-11H2,1-5H3. The molecule has 1 aromatic rings. The molecule has 0 saturated heterocycles. The molecule has 0 spiro atoms. The van der Waals surface area contributed by atoms with Crippen LogP contribution in [0.4, 0.5) is 4.39 Å². The molecule has 0 fully saturated rings. The second kappa shape index (κ2) is 6.33. The maximum absolute atomic E-state index is 13.1. The van der Waals surface area contributed by atoms with E-state index in [0.717, 1.165) is 24.9 Å². The molecule has 0 saturated carbocycles. The Kier molecular flexibility index (Phi) is 5.33. The molecule has 1 atom stereocenters. The minimum atomic E-state index is -0.146. The van der Waals surface area contributed by atoms with E-state index in [1.165, 1.54) is 5.56 Å². The second-order valence-corrected chi connectivity index (χ2v) is 6.29. The van der Waals surface area contributed by atoms with E-state index in [9.17, 15) is 4.39 Å². The summed E-state index contributed by atoms with van der Waals surface area (Å²) in [6.45, 7) is 11.9. The van der Waals surface area contributed by atoms with Crippen molar-refractivity contribution in [1.29, 1.82) is 0 Å². The first-order valence-electron chi connectivity index (χ1n) is 6.80. The van der Waals surface area contributed by atoms with E-state index in [0.29, 0.717) is 11.5 Å². The van der Waals surface area contributed by atoms with Crippen molar-refractivity contribution >= 4 is 0 Å². The van der Waals surface area contributed by atoms with Crippen molar-refractivity contribution in [1.82, 2.24) is 5.32 Å². The van der Waals surface area contributed by atoms with Gasteiger partial charge in [-0.1, -0.05) is 33.8 Å². The van der Waals surface area contributed by atoms with Gasteiger partial charge in [0, 0.05) is 6.04 Å². The normalized spacial score (nSPS) is 13.7. The predicted octanol–water partition coefficient (Wildman–Crippen LogP) is 4.09. The summed E-state index contributed by atoms with van der Waals surface area (Å²) in [5, 5.41) is 3.54. The highest BCUT2D eigenvalue weighted by Gasteiger charge is 2.18. The zero-order valence-corrected chi connectivity index (χ0v) is 12.3. The molecule has 2 heteroatoms. The Bertz CT molecular complexity index is 379. The van der Waals surface area contributed by atoms with E-state index in [1.54, 1.807) is 12.1 Å². The van der Waals surface area contributed by atoms with Crippen LogP contribution in [-0.2, 0) is 6.42 Å². The van der Waals surface area contributed by atoms with Crippen LogP contribution in [0.1, 0.15) is 45.2 Å². The lowest BCUT2D eigenvalue weighted by atomic mass is 9.85. The van der Waals surface area contributed by atoms with Gasteiger partial charge >= 0.3 is 0 Å². The van der Waals surface area contributed by atoms with Crippen LogP contribution < -0.4 is 5.32 Å². The molecule has 1 nitrogen and oxygen atoms in total. The molecule has 0 heterocycles. The van der Waals surface area contributed by atoms with Crippen LogP contribution >= 0.6 is 0 Å². The van der Waals surface area contributed by atoms with Gasteiger partial charge in [0.15, 0.2) is 0 Å². The van der Waals surface area contributed by atoms with Crippen molar-refractivity contribution < 1.29 is 4.39 Å². The van der Waals surface area contributed by atoms with Crippen LogP contribution in [0.15, 0.2) is 18.2 Å². The molecule has 102 valence electrons. The summed E-state index contributed by atoms with van der Waals surface area (Å²) in [7, 11) is 0. The zero-order valence-electron chi connectivity index (χ0n) is 12.3. The fourth-order valence-electron chi connectivity index (χ4n) is 2.40. The summed E-state index contributed by atoms with van der Waals surface area (Å²) in [5.74, 6) is -0.146. The maximum atomic E-state index is 13.1. The summed E-state index contributed by atoms with van der Waals surface area (Å²) >= 11 is 0. The molecule has 1 unspecified atom stereocenters. The van der Waals surface area contributed by atoms with Gasteiger partial charge in [-0.15, -0.1) is 0 Å². The van der Waals surface area contributed by atoms with Crippen molar-refractivity contribution in [2.24, 2.45) is 5.41 Å². The van der Waals surface area contributed by atoms with Crippen LogP contribution in [0.25, 0.3) is 0 Å². The summed E-state index contributed by atoms with van der Waals surface area (Å²) in [6, 6.07) is 5.55. The number of halogens is 1. The van der Waals surface area contributed by atoms with Crippen LogP contribution in [0.5, 0.6) is 0 Å². The first kappa shape index (κ1) is 15.2. The zero-order chi connectivity index (χ0) is 13.8. The van der Waals surface area contributed by atoms with Crippen LogP contribution in [-0.4, -0.2) is 12.6 Å². The molecule has 0 aliphatic heterocycles. The first-order valence-corrected chi connectivity index (χ1v) is 6.80. The molecule has 0 aliphatic carbocycles. The lowest BCUT2D eigenvalue weighted by Gasteiger charge is -2.27. The number of benzene rings is 1. The van der Waals surface area contributed by atoms with Crippen molar-refractivity contribution in [2.45, 2.75) is 53.5 Å². The third kappa shape index (κ3) is 5.18. The Labute approximate surface area is 111 Å². The lowest BCUT2D eigenvalue weighted by Crippen LogP contribution is -2.34. The topological polar surface area (TPSA) is 12.0 Å². The monoisotopic (exact) mass is 251 g/mol. The molecule has 18 heavy (non-hydrogen) atoms. The number of aryl methyl sites for hydroxylation is 1. The largest absolute Gasteiger partial charge is 0.314 e. The smallest absolute Gasteiger partial charge is 0.123 e. The number of rotatable bonds is 5.